The lowest BCUT2D eigenvalue weighted by molar-refractivity contribution is -0.150. The molecule has 0 saturated heterocycles. The van der Waals surface area contributed by atoms with Gasteiger partial charge in [-0.3, -0.25) is 4.79 Å². The number of carbonyl (C=O) groups is 2. The van der Waals surface area contributed by atoms with E-state index in [1.807, 2.05) is 0 Å². The van der Waals surface area contributed by atoms with Gasteiger partial charge in [-0.25, -0.2) is 4.79 Å². The van der Waals surface area contributed by atoms with Gasteiger partial charge < -0.3 is 18.9 Å². The maximum atomic E-state index is 11.1. The summed E-state index contributed by atoms with van der Waals surface area (Å²) in [5.74, 6) is -0.608. The first-order valence-electron chi connectivity index (χ1n) is 4.93. The normalized spacial score (nSPS) is 8.10. The molecule has 20 heavy (non-hydrogen) atoms. The van der Waals surface area contributed by atoms with Gasteiger partial charge in [0, 0.05) is 20.6 Å². The number of hydrogen-bond donors (Lipinski definition) is 0. The number of esters is 1. The molecule has 126 valence electrons. The number of ketones is 1. The summed E-state index contributed by atoms with van der Waals surface area (Å²) < 4.78 is 19.0. The van der Waals surface area contributed by atoms with Crippen LogP contribution in [-0.4, -0.2) is 59.0 Å². The Morgan fingerprint density at radius 2 is 1.35 bits per heavy atom. The van der Waals surface area contributed by atoms with Crippen molar-refractivity contribution in [3.8, 4) is 0 Å². The Morgan fingerprint density at radius 3 is 1.85 bits per heavy atom. The van der Waals surface area contributed by atoms with Crippen molar-refractivity contribution < 1.29 is 28.5 Å². The molecule has 0 heterocycles. The maximum absolute atomic E-state index is 11.1. The van der Waals surface area contributed by atoms with Crippen LogP contribution >= 0.6 is 0 Å². The fourth-order valence-corrected chi connectivity index (χ4v) is 0.817. The molecule has 0 bridgehead atoms. The predicted octanol–water partition coefficient (Wildman–Crippen LogP) is 2.34. The van der Waals surface area contributed by atoms with Crippen LogP contribution in [0.2, 0.25) is 0 Å². The van der Waals surface area contributed by atoms with E-state index in [2.05, 4.69) is 0 Å². The van der Waals surface area contributed by atoms with Gasteiger partial charge in [-0.05, 0) is 0 Å². The Morgan fingerprint density at radius 1 is 0.800 bits per heavy atom. The highest BCUT2D eigenvalue weighted by Crippen LogP contribution is 1.88. The lowest BCUT2D eigenvalue weighted by Gasteiger charge is -2.04. The Bertz CT molecular complexity index is 206. The Hall–Kier alpha value is -0.980. The topological polar surface area (TPSA) is 71.1 Å². The molecule has 0 amide bonds. The SMILES string of the molecule is C.C.C.C.COCCOC(=O)COCC(=O)CCOC. The highest BCUT2D eigenvalue weighted by molar-refractivity contribution is 5.80. The summed E-state index contributed by atoms with van der Waals surface area (Å²) in [6.45, 7) is 0.584. The molecule has 6 nitrogen and oxygen atoms in total. The number of carbonyl (C=O) groups excluding carboxylic acids is 2. The minimum atomic E-state index is -0.503. The number of Topliss-reactive ketones (excluding diaryl/α,β-unsaturated/α-hetero) is 1. The molecule has 0 spiro atoms. The third-order valence-corrected chi connectivity index (χ3v) is 1.62. The zero-order chi connectivity index (χ0) is 12.2. The van der Waals surface area contributed by atoms with E-state index in [0.29, 0.717) is 13.2 Å². The number of rotatable bonds is 10. The van der Waals surface area contributed by atoms with Crippen LogP contribution in [0.3, 0.4) is 0 Å². The molecule has 0 saturated carbocycles. The average Bonchev–Trinajstić information content (AvgIpc) is 2.26. The standard InChI is InChI=1S/C10H18O6.4CH4/c1-13-4-3-9(11)7-15-8-10(12)16-6-5-14-2;;;;/h3-8H2,1-2H3;4*1H4. The van der Waals surface area contributed by atoms with Crippen molar-refractivity contribution >= 4 is 11.8 Å². The smallest absolute Gasteiger partial charge is 0.332 e. The van der Waals surface area contributed by atoms with Gasteiger partial charge in [-0.1, -0.05) is 29.7 Å². The molecule has 0 aliphatic rings. The Kier molecular flexibility index (Phi) is 36.4. The highest BCUT2D eigenvalue weighted by atomic mass is 16.6. The third-order valence-electron chi connectivity index (χ3n) is 1.62. The van der Waals surface area contributed by atoms with Gasteiger partial charge in [0.2, 0.25) is 0 Å². The summed E-state index contributed by atoms with van der Waals surface area (Å²) in [5, 5.41) is 0. The van der Waals surface area contributed by atoms with E-state index in [1.165, 1.54) is 14.2 Å². The average molecular weight is 298 g/mol. The molecule has 0 aliphatic carbocycles. The van der Waals surface area contributed by atoms with Gasteiger partial charge in [0.15, 0.2) is 5.78 Å². The molecule has 0 aliphatic heterocycles. The molecule has 0 aromatic carbocycles. The second-order valence-corrected chi connectivity index (χ2v) is 2.99. The molecule has 6 heteroatoms. The molecule has 0 fully saturated rings. The first kappa shape index (κ1) is 31.4. The molecule has 0 rings (SSSR count). The van der Waals surface area contributed by atoms with Crippen molar-refractivity contribution in [2.24, 2.45) is 0 Å². The first-order chi connectivity index (χ1) is 7.70. The zero-order valence-corrected chi connectivity index (χ0v) is 9.69. The lowest BCUT2D eigenvalue weighted by atomic mass is 10.3. The highest BCUT2D eigenvalue weighted by Gasteiger charge is 2.06. The van der Waals surface area contributed by atoms with Crippen molar-refractivity contribution in [2.75, 3.05) is 47.3 Å². The minimum Gasteiger partial charge on any atom is -0.462 e. The molecule has 0 unspecified atom stereocenters. The summed E-state index contributed by atoms with van der Waals surface area (Å²) in [6, 6.07) is 0. The third kappa shape index (κ3) is 22.2. The lowest BCUT2D eigenvalue weighted by Crippen LogP contribution is -2.19. The number of ether oxygens (including phenoxy) is 4. The fourth-order valence-electron chi connectivity index (χ4n) is 0.817. The van der Waals surface area contributed by atoms with E-state index >= 15 is 0 Å². The van der Waals surface area contributed by atoms with Crippen LogP contribution in [0.4, 0.5) is 0 Å². The second kappa shape index (κ2) is 23.1. The largest absolute Gasteiger partial charge is 0.462 e. The van der Waals surface area contributed by atoms with E-state index < -0.39 is 5.97 Å². The summed E-state index contributed by atoms with van der Waals surface area (Å²) in [7, 11) is 3.03. The molecule has 0 aromatic rings. The van der Waals surface area contributed by atoms with E-state index in [9.17, 15) is 9.59 Å². The van der Waals surface area contributed by atoms with E-state index in [-0.39, 0.29) is 61.7 Å². The summed E-state index contributed by atoms with van der Waals surface area (Å²) in [6.07, 6.45) is 0.287. The fraction of sp³-hybridized carbons (Fsp3) is 0.857. The van der Waals surface area contributed by atoms with Gasteiger partial charge in [-0.2, -0.15) is 0 Å². The quantitative estimate of drug-likeness (QED) is 0.455. The maximum Gasteiger partial charge on any atom is 0.332 e. The van der Waals surface area contributed by atoms with Gasteiger partial charge in [0.05, 0.1) is 13.2 Å². The van der Waals surface area contributed by atoms with Crippen molar-refractivity contribution in [3.63, 3.8) is 0 Å². The van der Waals surface area contributed by atoms with Crippen LogP contribution in [0.5, 0.6) is 0 Å². The van der Waals surface area contributed by atoms with Crippen LogP contribution in [0.15, 0.2) is 0 Å². The van der Waals surface area contributed by atoms with Gasteiger partial charge in [-0.15, -0.1) is 0 Å². The van der Waals surface area contributed by atoms with Crippen LogP contribution in [0, 0.1) is 0 Å². The van der Waals surface area contributed by atoms with Gasteiger partial charge >= 0.3 is 5.97 Å². The Balaban J connectivity index is -0.000000187. The minimum absolute atomic E-state index is 0. The summed E-state index contributed by atoms with van der Waals surface area (Å²) >= 11 is 0. The van der Waals surface area contributed by atoms with Crippen molar-refractivity contribution in [3.05, 3.63) is 0 Å². The van der Waals surface area contributed by atoms with Gasteiger partial charge in [0.1, 0.15) is 19.8 Å². The molecular weight excluding hydrogens is 264 g/mol. The van der Waals surface area contributed by atoms with Crippen LogP contribution in [0.25, 0.3) is 0 Å². The first-order valence-corrected chi connectivity index (χ1v) is 4.93. The van der Waals surface area contributed by atoms with Crippen molar-refractivity contribution in [2.45, 2.75) is 36.1 Å². The number of methoxy groups -OCH3 is 2. The van der Waals surface area contributed by atoms with Crippen molar-refractivity contribution in [1.82, 2.24) is 0 Å². The summed E-state index contributed by atoms with van der Waals surface area (Å²) in [4.78, 5) is 22.0. The van der Waals surface area contributed by atoms with E-state index in [1.54, 1.807) is 0 Å². The Labute approximate surface area is 124 Å². The van der Waals surface area contributed by atoms with Crippen LogP contribution < -0.4 is 0 Å². The van der Waals surface area contributed by atoms with E-state index in [4.69, 9.17) is 18.9 Å². The van der Waals surface area contributed by atoms with Crippen LogP contribution in [0.1, 0.15) is 36.1 Å². The molecule has 0 aromatic heterocycles. The molecular formula is C14H34O6. The van der Waals surface area contributed by atoms with Crippen molar-refractivity contribution in [1.29, 1.82) is 0 Å². The molecule has 0 radical (unpaired) electrons. The predicted molar refractivity (Wildman–Crippen MR) is 82.1 cm³/mol. The second-order valence-electron chi connectivity index (χ2n) is 2.99. The molecule has 0 atom stereocenters. The zero-order valence-electron chi connectivity index (χ0n) is 9.69. The number of hydrogen-bond acceptors (Lipinski definition) is 6. The summed E-state index contributed by atoms with van der Waals surface area (Å²) in [5.41, 5.74) is 0. The van der Waals surface area contributed by atoms with E-state index in [0.717, 1.165) is 0 Å². The van der Waals surface area contributed by atoms with Gasteiger partial charge in [0.25, 0.3) is 0 Å². The monoisotopic (exact) mass is 298 g/mol. The van der Waals surface area contributed by atoms with Crippen LogP contribution in [-0.2, 0) is 28.5 Å². The molecule has 0 N–H and O–H groups in total.